The molecule has 0 aromatic heterocycles. The molecule has 1 rings (SSSR count). The van der Waals surface area contributed by atoms with Crippen LogP contribution in [0.3, 0.4) is 0 Å². The average Bonchev–Trinajstić information content (AvgIpc) is 2.33. The lowest BCUT2D eigenvalue weighted by atomic mass is 10.2. The van der Waals surface area contributed by atoms with Crippen LogP contribution in [0.2, 0.25) is 0 Å². The molecule has 3 N–H and O–H groups in total. The molecular formula is C8H20N2O. The number of nitrogens with two attached hydrogens (primary N) is 1. The maximum absolute atomic E-state index is 8.76. The molecule has 1 saturated heterocycles. The van der Waals surface area contributed by atoms with E-state index in [1.165, 1.54) is 0 Å². The second-order valence-corrected chi connectivity index (χ2v) is 2.77. The number of aliphatic hydroxyl groups is 1. The normalized spacial score (nSPS) is 31.4. The number of nitrogens with zero attached hydrogens (tertiary/aromatic N) is 1. The number of aliphatic hydroxyl groups excluding tert-OH is 1. The molecule has 0 amide bonds. The molecule has 1 aliphatic rings. The van der Waals surface area contributed by atoms with Crippen molar-refractivity contribution < 1.29 is 5.11 Å². The van der Waals surface area contributed by atoms with Crippen LogP contribution in [0.4, 0.5) is 0 Å². The van der Waals surface area contributed by atoms with Gasteiger partial charge in [-0.3, -0.25) is 4.90 Å². The molecule has 1 fully saturated rings. The van der Waals surface area contributed by atoms with E-state index in [9.17, 15) is 0 Å². The zero-order valence-electron chi connectivity index (χ0n) is 7.75. The second-order valence-electron chi connectivity index (χ2n) is 2.77. The number of hydrogen-bond acceptors (Lipinski definition) is 3. The summed E-state index contributed by atoms with van der Waals surface area (Å²) in [6.45, 7) is 5.16. The van der Waals surface area contributed by atoms with Gasteiger partial charge in [0.05, 0.1) is 6.61 Å². The predicted octanol–water partition coefficient (Wildman–Crippen LogP) is 0.0363. The van der Waals surface area contributed by atoms with Crippen molar-refractivity contribution in [1.29, 1.82) is 0 Å². The summed E-state index contributed by atoms with van der Waals surface area (Å²) in [5.74, 6) is 0. The molecule has 0 aromatic rings. The molecule has 0 aromatic carbocycles. The van der Waals surface area contributed by atoms with Crippen LogP contribution >= 0.6 is 0 Å². The Morgan fingerprint density at radius 1 is 1.55 bits per heavy atom. The van der Waals surface area contributed by atoms with Gasteiger partial charge in [-0.2, -0.15) is 0 Å². The number of hydrogen-bond donors (Lipinski definition) is 2. The molecule has 3 heteroatoms. The van der Waals surface area contributed by atoms with Gasteiger partial charge in [-0.25, -0.2) is 0 Å². The summed E-state index contributed by atoms with van der Waals surface area (Å²) in [6, 6.07) is 0.576. The Balaban J connectivity index is 0.000000461. The highest BCUT2D eigenvalue weighted by Crippen LogP contribution is 2.12. The van der Waals surface area contributed by atoms with E-state index in [1.807, 2.05) is 20.9 Å². The molecule has 11 heavy (non-hydrogen) atoms. The maximum atomic E-state index is 8.76. The molecular weight excluding hydrogens is 140 g/mol. The zero-order chi connectivity index (χ0) is 8.85. The topological polar surface area (TPSA) is 49.5 Å². The molecule has 0 radical (unpaired) electrons. The summed E-state index contributed by atoms with van der Waals surface area (Å²) < 4.78 is 0. The summed E-state index contributed by atoms with van der Waals surface area (Å²) in [5.41, 5.74) is 5.64. The first-order chi connectivity index (χ1) is 5.24. The van der Waals surface area contributed by atoms with Crippen molar-refractivity contribution in [2.75, 3.05) is 20.2 Å². The van der Waals surface area contributed by atoms with E-state index in [1.54, 1.807) is 0 Å². The largest absolute Gasteiger partial charge is 0.395 e. The van der Waals surface area contributed by atoms with Crippen LogP contribution in [0, 0.1) is 0 Å². The van der Waals surface area contributed by atoms with Crippen molar-refractivity contribution in [3.63, 3.8) is 0 Å². The lowest BCUT2D eigenvalue weighted by molar-refractivity contribution is 0.182. The first-order valence-electron chi connectivity index (χ1n) is 4.30. The minimum Gasteiger partial charge on any atom is -0.395 e. The van der Waals surface area contributed by atoms with Crippen molar-refractivity contribution in [2.45, 2.75) is 32.4 Å². The smallest absolute Gasteiger partial charge is 0.0587 e. The van der Waals surface area contributed by atoms with Crippen molar-refractivity contribution in [2.24, 2.45) is 5.73 Å². The summed E-state index contributed by atoms with van der Waals surface area (Å²) in [5, 5.41) is 8.76. The van der Waals surface area contributed by atoms with Gasteiger partial charge in [0.2, 0.25) is 0 Å². The summed E-state index contributed by atoms with van der Waals surface area (Å²) >= 11 is 0. The van der Waals surface area contributed by atoms with Crippen LogP contribution in [0.1, 0.15) is 20.3 Å². The predicted molar refractivity (Wildman–Crippen MR) is 47.4 cm³/mol. The second kappa shape index (κ2) is 5.52. The van der Waals surface area contributed by atoms with Crippen molar-refractivity contribution >= 4 is 0 Å². The molecule has 1 heterocycles. The van der Waals surface area contributed by atoms with Gasteiger partial charge in [-0.1, -0.05) is 13.8 Å². The fourth-order valence-electron chi connectivity index (χ4n) is 1.34. The fourth-order valence-corrected chi connectivity index (χ4v) is 1.34. The van der Waals surface area contributed by atoms with Gasteiger partial charge in [0.25, 0.3) is 0 Å². The zero-order valence-corrected chi connectivity index (χ0v) is 7.75. The molecule has 0 aliphatic carbocycles. The average molecular weight is 160 g/mol. The van der Waals surface area contributed by atoms with Gasteiger partial charge < -0.3 is 10.8 Å². The van der Waals surface area contributed by atoms with E-state index in [2.05, 4.69) is 4.90 Å². The van der Waals surface area contributed by atoms with Crippen LogP contribution in [0.5, 0.6) is 0 Å². The molecule has 2 unspecified atom stereocenters. The lowest BCUT2D eigenvalue weighted by Crippen LogP contribution is -2.28. The number of likely N-dealkylation sites (tertiary alicyclic amines) is 1. The summed E-state index contributed by atoms with van der Waals surface area (Å²) in [7, 11) is 1.99. The van der Waals surface area contributed by atoms with Gasteiger partial charge in [0, 0.05) is 18.6 Å². The minimum atomic E-state index is 0.240. The van der Waals surface area contributed by atoms with Crippen LogP contribution in [0.25, 0.3) is 0 Å². The summed E-state index contributed by atoms with van der Waals surface area (Å²) in [4.78, 5) is 2.10. The number of rotatable bonds is 1. The van der Waals surface area contributed by atoms with Crippen LogP contribution in [-0.4, -0.2) is 42.3 Å². The highest BCUT2D eigenvalue weighted by atomic mass is 16.3. The van der Waals surface area contributed by atoms with Gasteiger partial charge in [0.1, 0.15) is 0 Å². The van der Waals surface area contributed by atoms with Crippen molar-refractivity contribution in [3.8, 4) is 0 Å². The van der Waals surface area contributed by atoms with Crippen molar-refractivity contribution in [3.05, 3.63) is 0 Å². The van der Waals surface area contributed by atoms with Gasteiger partial charge in [0.15, 0.2) is 0 Å². The third-order valence-electron chi connectivity index (χ3n) is 1.93. The SMILES string of the molecule is CC.CN1CC(N)CC1CO. The Morgan fingerprint density at radius 3 is 2.27 bits per heavy atom. The first-order valence-corrected chi connectivity index (χ1v) is 4.30. The Morgan fingerprint density at radius 2 is 2.09 bits per heavy atom. The van der Waals surface area contributed by atoms with Crippen LogP contribution in [-0.2, 0) is 0 Å². The highest BCUT2D eigenvalue weighted by Gasteiger charge is 2.25. The quantitative estimate of drug-likeness (QED) is 0.569. The first kappa shape index (κ1) is 10.9. The van der Waals surface area contributed by atoms with E-state index in [0.29, 0.717) is 6.04 Å². The van der Waals surface area contributed by atoms with Crippen molar-refractivity contribution in [1.82, 2.24) is 4.90 Å². The monoisotopic (exact) mass is 160 g/mol. The Bertz CT molecular complexity index is 98.1. The fraction of sp³-hybridized carbons (Fsp3) is 1.00. The van der Waals surface area contributed by atoms with Gasteiger partial charge in [-0.15, -0.1) is 0 Å². The van der Waals surface area contributed by atoms with E-state index in [0.717, 1.165) is 13.0 Å². The molecule has 2 atom stereocenters. The number of likely N-dealkylation sites (N-methyl/N-ethyl adjacent to an activating group) is 1. The molecule has 1 aliphatic heterocycles. The molecule has 3 nitrogen and oxygen atoms in total. The highest BCUT2D eigenvalue weighted by molar-refractivity contribution is 4.84. The Kier molecular flexibility index (Phi) is 5.46. The Labute approximate surface area is 69.2 Å². The minimum absolute atomic E-state index is 0.240. The standard InChI is InChI=1S/C6H14N2O.C2H6/c1-8-3-5(7)2-6(8)4-9;1-2/h5-6,9H,2-4,7H2,1H3;1-2H3. The lowest BCUT2D eigenvalue weighted by Gasteiger charge is -2.14. The van der Waals surface area contributed by atoms with Gasteiger partial charge in [-0.05, 0) is 13.5 Å². The van der Waals surface area contributed by atoms with Gasteiger partial charge >= 0.3 is 0 Å². The third-order valence-corrected chi connectivity index (χ3v) is 1.93. The molecule has 0 bridgehead atoms. The molecule has 0 saturated carbocycles. The van der Waals surface area contributed by atoms with E-state index >= 15 is 0 Å². The van der Waals surface area contributed by atoms with Crippen LogP contribution < -0.4 is 5.73 Å². The summed E-state index contributed by atoms with van der Waals surface area (Å²) in [6.07, 6.45) is 0.938. The molecule has 0 spiro atoms. The third kappa shape index (κ3) is 3.18. The maximum Gasteiger partial charge on any atom is 0.0587 e. The Hall–Kier alpha value is -0.120. The van der Waals surface area contributed by atoms with E-state index in [-0.39, 0.29) is 12.6 Å². The van der Waals surface area contributed by atoms with E-state index < -0.39 is 0 Å². The molecule has 68 valence electrons. The van der Waals surface area contributed by atoms with E-state index in [4.69, 9.17) is 10.8 Å². The van der Waals surface area contributed by atoms with Crippen LogP contribution in [0.15, 0.2) is 0 Å².